The molecule has 1 aromatic rings. The average molecular weight is 308 g/mol. The van der Waals surface area contributed by atoms with Gasteiger partial charge in [-0.3, -0.25) is 4.79 Å². The van der Waals surface area contributed by atoms with Crippen molar-refractivity contribution in [2.24, 2.45) is 5.92 Å². The smallest absolute Gasteiger partial charge is 0.409 e. The maximum atomic E-state index is 12.2. The summed E-state index contributed by atoms with van der Waals surface area (Å²) in [6.07, 6.45) is 7.61. The molecule has 7 heteroatoms. The highest BCUT2D eigenvalue weighted by molar-refractivity contribution is 5.79. The van der Waals surface area contributed by atoms with Gasteiger partial charge in [0.2, 0.25) is 5.91 Å². The van der Waals surface area contributed by atoms with E-state index in [1.807, 2.05) is 10.8 Å². The number of imidazole rings is 1. The van der Waals surface area contributed by atoms with Crippen molar-refractivity contribution in [2.75, 3.05) is 26.2 Å². The summed E-state index contributed by atoms with van der Waals surface area (Å²) in [6.45, 7) is 4.73. The number of carbonyl (C=O) groups excluding carboxylic acids is 2. The van der Waals surface area contributed by atoms with Crippen LogP contribution in [0.1, 0.15) is 26.2 Å². The molecule has 2 heterocycles. The van der Waals surface area contributed by atoms with E-state index in [1.165, 1.54) is 0 Å². The summed E-state index contributed by atoms with van der Waals surface area (Å²) < 4.78 is 6.98. The van der Waals surface area contributed by atoms with Crippen LogP contribution in [-0.4, -0.2) is 52.7 Å². The fourth-order valence-corrected chi connectivity index (χ4v) is 2.61. The number of aromatic nitrogens is 2. The minimum absolute atomic E-state index is 0.0274. The van der Waals surface area contributed by atoms with Crippen LogP contribution < -0.4 is 5.32 Å². The van der Waals surface area contributed by atoms with Gasteiger partial charge in [-0.25, -0.2) is 9.78 Å². The lowest BCUT2D eigenvalue weighted by Crippen LogP contribution is -2.45. The number of hydrogen-bond donors (Lipinski definition) is 1. The summed E-state index contributed by atoms with van der Waals surface area (Å²) in [5.74, 6) is -0.106. The first-order valence-electron chi connectivity index (χ1n) is 7.86. The minimum atomic E-state index is -0.319. The Morgan fingerprint density at radius 3 is 3.05 bits per heavy atom. The van der Waals surface area contributed by atoms with E-state index in [0.717, 1.165) is 25.8 Å². The molecule has 122 valence electrons. The van der Waals surface area contributed by atoms with Crippen LogP contribution in [0.4, 0.5) is 4.79 Å². The summed E-state index contributed by atoms with van der Waals surface area (Å²) >= 11 is 0. The van der Waals surface area contributed by atoms with E-state index in [0.29, 0.717) is 26.2 Å². The monoisotopic (exact) mass is 308 g/mol. The summed E-state index contributed by atoms with van der Waals surface area (Å²) in [6, 6.07) is 0. The number of ether oxygens (including phenoxy) is 1. The summed E-state index contributed by atoms with van der Waals surface area (Å²) in [5, 5.41) is 2.95. The summed E-state index contributed by atoms with van der Waals surface area (Å²) in [5.41, 5.74) is 0. The van der Waals surface area contributed by atoms with Crippen LogP contribution in [0.5, 0.6) is 0 Å². The van der Waals surface area contributed by atoms with Crippen molar-refractivity contribution in [3.63, 3.8) is 0 Å². The van der Waals surface area contributed by atoms with E-state index in [-0.39, 0.29) is 17.9 Å². The number of nitrogens with zero attached hydrogens (tertiary/aromatic N) is 3. The Balaban J connectivity index is 1.68. The van der Waals surface area contributed by atoms with Crippen LogP contribution in [0.25, 0.3) is 0 Å². The van der Waals surface area contributed by atoms with Crippen molar-refractivity contribution in [3.05, 3.63) is 18.7 Å². The molecule has 2 rings (SSSR count). The molecule has 1 fully saturated rings. The average Bonchev–Trinajstić information content (AvgIpc) is 3.05. The lowest BCUT2D eigenvalue weighted by Gasteiger charge is -2.31. The molecule has 7 nitrogen and oxygen atoms in total. The number of hydrogen-bond acceptors (Lipinski definition) is 4. The third-order valence-electron chi connectivity index (χ3n) is 3.77. The molecule has 1 atom stereocenters. The maximum Gasteiger partial charge on any atom is 0.409 e. The van der Waals surface area contributed by atoms with Gasteiger partial charge in [-0.2, -0.15) is 0 Å². The first-order chi connectivity index (χ1) is 10.7. The van der Waals surface area contributed by atoms with E-state index >= 15 is 0 Å². The Kier molecular flexibility index (Phi) is 6.24. The van der Waals surface area contributed by atoms with E-state index in [9.17, 15) is 9.59 Å². The number of nitrogens with one attached hydrogen (secondary N) is 1. The molecule has 1 aliphatic heterocycles. The largest absolute Gasteiger partial charge is 0.450 e. The van der Waals surface area contributed by atoms with Crippen LogP contribution >= 0.6 is 0 Å². The zero-order valence-electron chi connectivity index (χ0n) is 13.0. The molecule has 1 unspecified atom stereocenters. The number of likely N-dealkylation sites (tertiary alicyclic amines) is 1. The Hall–Kier alpha value is -2.05. The molecule has 1 N–H and O–H groups in total. The van der Waals surface area contributed by atoms with Gasteiger partial charge in [0.1, 0.15) is 0 Å². The number of rotatable bonds is 6. The normalized spacial score (nSPS) is 18.0. The van der Waals surface area contributed by atoms with Gasteiger partial charge in [-0.05, 0) is 26.2 Å². The number of aryl methyl sites for hydroxylation is 1. The highest BCUT2D eigenvalue weighted by Crippen LogP contribution is 2.17. The predicted molar refractivity (Wildman–Crippen MR) is 81.2 cm³/mol. The van der Waals surface area contributed by atoms with Crippen LogP contribution in [0, 0.1) is 5.92 Å². The van der Waals surface area contributed by atoms with Gasteiger partial charge in [-0.1, -0.05) is 0 Å². The maximum absolute atomic E-state index is 12.2. The molecule has 1 saturated heterocycles. The minimum Gasteiger partial charge on any atom is -0.450 e. The molecule has 0 aromatic carbocycles. The van der Waals surface area contributed by atoms with E-state index in [1.54, 1.807) is 24.3 Å². The molecule has 22 heavy (non-hydrogen) atoms. The lowest BCUT2D eigenvalue weighted by molar-refractivity contribution is -0.126. The Labute approximate surface area is 130 Å². The zero-order chi connectivity index (χ0) is 15.8. The topological polar surface area (TPSA) is 76.5 Å². The van der Waals surface area contributed by atoms with E-state index in [2.05, 4.69) is 10.3 Å². The molecular weight excluding hydrogens is 284 g/mol. The molecular formula is C15H24N4O3. The second kappa shape index (κ2) is 8.41. The third-order valence-corrected chi connectivity index (χ3v) is 3.77. The standard InChI is InChI=1S/C15H24N4O3/c1-2-22-15(21)19-9-3-5-13(11-19)14(20)17-6-4-8-18-10-7-16-12-18/h7,10,12-13H,2-6,8-9,11H2,1H3,(H,17,20). The molecule has 0 bridgehead atoms. The molecule has 1 aromatic heterocycles. The van der Waals surface area contributed by atoms with Crippen molar-refractivity contribution >= 4 is 12.0 Å². The molecule has 1 aliphatic rings. The fourth-order valence-electron chi connectivity index (χ4n) is 2.61. The first kappa shape index (κ1) is 16.3. The van der Waals surface area contributed by atoms with Gasteiger partial charge in [0.25, 0.3) is 0 Å². The van der Waals surface area contributed by atoms with Crippen molar-refractivity contribution < 1.29 is 14.3 Å². The molecule has 0 saturated carbocycles. The Bertz CT molecular complexity index is 475. The molecule has 0 radical (unpaired) electrons. The SMILES string of the molecule is CCOC(=O)N1CCCC(C(=O)NCCCn2ccnc2)C1. The Morgan fingerprint density at radius 2 is 2.32 bits per heavy atom. The third kappa shape index (κ3) is 4.75. The van der Waals surface area contributed by atoms with Crippen molar-refractivity contribution in [3.8, 4) is 0 Å². The predicted octanol–water partition coefficient (Wildman–Crippen LogP) is 1.26. The molecule has 0 aliphatic carbocycles. The van der Waals surface area contributed by atoms with Gasteiger partial charge in [-0.15, -0.1) is 0 Å². The van der Waals surface area contributed by atoms with Crippen molar-refractivity contribution in [2.45, 2.75) is 32.7 Å². The molecule has 2 amide bonds. The van der Waals surface area contributed by atoms with E-state index in [4.69, 9.17) is 4.74 Å². The fraction of sp³-hybridized carbons (Fsp3) is 0.667. The quantitative estimate of drug-likeness (QED) is 0.803. The molecule has 0 spiro atoms. The number of carbonyl (C=O) groups is 2. The summed E-state index contributed by atoms with van der Waals surface area (Å²) in [7, 11) is 0. The highest BCUT2D eigenvalue weighted by atomic mass is 16.6. The van der Waals surface area contributed by atoms with Crippen molar-refractivity contribution in [1.82, 2.24) is 19.8 Å². The first-order valence-corrected chi connectivity index (χ1v) is 7.86. The second-order valence-electron chi connectivity index (χ2n) is 5.43. The van der Waals surface area contributed by atoms with Crippen LogP contribution in [0.3, 0.4) is 0 Å². The second-order valence-corrected chi connectivity index (χ2v) is 5.43. The highest BCUT2D eigenvalue weighted by Gasteiger charge is 2.28. The summed E-state index contributed by atoms with van der Waals surface area (Å²) in [4.78, 5) is 29.5. The van der Waals surface area contributed by atoms with Crippen LogP contribution in [0.15, 0.2) is 18.7 Å². The Morgan fingerprint density at radius 1 is 1.45 bits per heavy atom. The van der Waals surface area contributed by atoms with Gasteiger partial charge < -0.3 is 19.5 Å². The van der Waals surface area contributed by atoms with Gasteiger partial charge >= 0.3 is 6.09 Å². The van der Waals surface area contributed by atoms with Gasteiger partial charge in [0, 0.05) is 38.6 Å². The number of piperidine rings is 1. The van der Waals surface area contributed by atoms with E-state index < -0.39 is 0 Å². The van der Waals surface area contributed by atoms with Crippen LogP contribution in [-0.2, 0) is 16.1 Å². The van der Waals surface area contributed by atoms with Crippen LogP contribution in [0.2, 0.25) is 0 Å². The van der Waals surface area contributed by atoms with Gasteiger partial charge in [0.15, 0.2) is 0 Å². The van der Waals surface area contributed by atoms with Crippen molar-refractivity contribution in [1.29, 1.82) is 0 Å². The number of amides is 2. The van der Waals surface area contributed by atoms with Gasteiger partial charge in [0.05, 0.1) is 18.9 Å². The zero-order valence-corrected chi connectivity index (χ0v) is 13.0. The lowest BCUT2D eigenvalue weighted by atomic mass is 9.97.